The molecule has 36 heavy (non-hydrogen) atoms. The molecule has 1 aromatic carbocycles. The third kappa shape index (κ3) is 4.45. The molecule has 7 heteroatoms. The Labute approximate surface area is 213 Å². The molecule has 1 N–H and O–H groups in total. The van der Waals surface area contributed by atoms with E-state index in [1.165, 1.54) is 18.3 Å². The number of dihydropyridines is 1. The number of Topliss-reactive ketones (excluding diaryl/α,β-unsaturated/α-hetero) is 1. The summed E-state index contributed by atoms with van der Waals surface area (Å²) in [7, 11) is 0. The fraction of sp³-hybridized carbons (Fsp3) is 0.172. The zero-order valence-electron chi connectivity index (χ0n) is 20.2. The van der Waals surface area contributed by atoms with Gasteiger partial charge in [0.15, 0.2) is 5.78 Å². The Morgan fingerprint density at radius 2 is 1.75 bits per heavy atom. The highest BCUT2D eigenvalue weighted by atomic mass is 32.1. The molecule has 5 rings (SSSR count). The number of carbonyl (C=O) groups is 2. The number of esters is 1. The monoisotopic (exact) mass is 495 g/mol. The highest BCUT2D eigenvalue weighted by molar-refractivity contribution is 7.16. The van der Waals surface area contributed by atoms with Crippen molar-refractivity contribution in [3.05, 3.63) is 106 Å². The van der Waals surface area contributed by atoms with E-state index in [9.17, 15) is 9.59 Å². The van der Waals surface area contributed by atoms with Crippen molar-refractivity contribution in [1.82, 2.24) is 15.3 Å². The number of fused-ring (bicyclic) bond motifs is 1. The van der Waals surface area contributed by atoms with Gasteiger partial charge in [0, 0.05) is 46.9 Å². The molecule has 1 aliphatic rings. The summed E-state index contributed by atoms with van der Waals surface area (Å²) in [5.41, 5.74) is 6.26. The number of allylic oxidation sites excluding steroid dienone is 3. The van der Waals surface area contributed by atoms with Crippen LogP contribution >= 0.6 is 11.3 Å². The molecule has 1 unspecified atom stereocenters. The first kappa shape index (κ1) is 23.6. The van der Waals surface area contributed by atoms with Crippen LogP contribution in [0.25, 0.3) is 21.3 Å². The third-order valence-electron chi connectivity index (χ3n) is 6.36. The molecule has 1 aliphatic heterocycles. The Hall–Kier alpha value is -4.10. The van der Waals surface area contributed by atoms with Crippen molar-refractivity contribution in [1.29, 1.82) is 0 Å². The number of pyridine rings is 2. The average molecular weight is 496 g/mol. The molecular formula is C29H25N3O3S. The van der Waals surface area contributed by atoms with Crippen LogP contribution in [-0.4, -0.2) is 21.7 Å². The number of nitrogens with zero attached hydrogens (tertiary/aromatic N) is 2. The number of hydrogen-bond donors (Lipinski definition) is 1. The van der Waals surface area contributed by atoms with E-state index in [-0.39, 0.29) is 12.4 Å². The summed E-state index contributed by atoms with van der Waals surface area (Å²) < 4.78 is 5.84. The topological polar surface area (TPSA) is 81.2 Å². The standard InChI is InChI=1S/C29H25N3O3S/c1-17-25(19(3)33)27(24-16-36-28-23(24)8-5-11-31-28)26(18(2)32-17)29(34)35-15-20-6-4-7-22(14-20)21-9-12-30-13-10-21/h4-14,16,27,32H,15H2,1-3H3. The average Bonchev–Trinajstić information content (AvgIpc) is 3.31. The number of thiophene rings is 1. The maximum Gasteiger partial charge on any atom is 0.337 e. The van der Waals surface area contributed by atoms with E-state index in [0.717, 1.165) is 38.2 Å². The molecule has 0 bridgehead atoms. The Balaban J connectivity index is 1.47. The smallest absolute Gasteiger partial charge is 0.337 e. The number of ketones is 1. The molecule has 6 nitrogen and oxygen atoms in total. The van der Waals surface area contributed by atoms with Gasteiger partial charge in [0.1, 0.15) is 11.4 Å². The van der Waals surface area contributed by atoms with Gasteiger partial charge in [-0.05, 0) is 72.7 Å². The van der Waals surface area contributed by atoms with Crippen molar-refractivity contribution in [2.24, 2.45) is 0 Å². The molecule has 4 heterocycles. The SMILES string of the molecule is CC(=O)C1=C(C)NC(C)=C(C(=O)OCc2cccc(-c3ccncc3)c2)C1c1csc2ncccc12. The van der Waals surface area contributed by atoms with E-state index in [4.69, 9.17) is 4.74 Å². The minimum atomic E-state index is -0.530. The molecule has 0 radical (unpaired) electrons. The van der Waals surface area contributed by atoms with E-state index in [1.54, 1.807) is 18.6 Å². The lowest BCUT2D eigenvalue weighted by molar-refractivity contribution is -0.140. The van der Waals surface area contributed by atoms with Gasteiger partial charge >= 0.3 is 5.97 Å². The van der Waals surface area contributed by atoms with Crippen molar-refractivity contribution in [2.45, 2.75) is 33.3 Å². The fourth-order valence-electron chi connectivity index (χ4n) is 4.76. The van der Waals surface area contributed by atoms with E-state index < -0.39 is 11.9 Å². The number of nitrogens with one attached hydrogen (secondary N) is 1. The lowest BCUT2D eigenvalue weighted by atomic mass is 9.79. The minimum absolute atomic E-state index is 0.0870. The second-order valence-corrected chi connectivity index (χ2v) is 9.61. The van der Waals surface area contributed by atoms with Gasteiger partial charge in [-0.3, -0.25) is 9.78 Å². The second-order valence-electron chi connectivity index (χ2n) is 8.75. The van der Waals surface area contributed by atoms with Gasteiger partial charge in [-0.25, -0.2) is 9.78 Å². The number of aromatic nitrogens is 2. The Kier molecular flexibility index (Phi) is 6.48. The van der Waals surface area contributed by atoms with Gasteiger partial charge in [0.05, 0.1) is 5.57 Å². The predicted octanol–water partition coefficient (Wildman–Crippen LogP) is 5.93. The summed E-state index contributed by atoms with van der Waals surface area (Å²) in [6.45, 7) is 5.37. The van der Waals surface area contributed by atoms with Gasteiger partial charge in [0.25, 0.3) is 0 Å². The first-order valence-electron chi connectivity index (χ1n) is 11.6. The fourth-order valence-corrected chi connectivity index (χ4v) is 5.70. The van der Waals surface area contributed by atoms with E-state index in [2.05, 4.69) is 15.3 Å². The Morgan fingerprint density at radius 1 is 0.972 bits per heavy atom. The summed E-state index contributed by atoms with van der Waals surface area (Å²) in [5, 5.41) is 6.15. The number of benzene rings is 1. The predicted molar refractivity (Wildman–Crippen MR) is 141 cm³/mol. The molecule has 0 aliphatic carbocycles. The van der Waals surface area contributed by atoms with Crippen molar-refractivity contribution in [3.63, 3.8) is 0 Å². The molecule has 0 fully saturated rings. The quantitative estimate of drug-likeness (QED) is 0.334. The van der Waals surface area contributed by atoms with Crippen LogP contribution in [0.1, 0.15) is 37.8 Å². The zero-order chi connectivity index (χ0) is 25.2. The molecule has 180 valence electrons. The molecular weight excluding hydrogens is 470 g/mol. The number of rotatable bonds is 6. The van der Waals surface area contributed by atoms with Gasteiger partial charge in [-0.15, -0.1) is 11.3 Å². The number of hydrogen-bond acceptors (Lipinski definition) is 7. The first-order valence-corrected chi connectivity index (χ1v) is 12.5. The minimum Gasteiger partial charge on any atom is -0.457 e. The highest BCUT2D eigenvalue weighted by Crippen LogP contribution is 2.43. The molecule has 0 amide bonds. The maximum absolute atomic E-state index is 13.6. The normalized spacial score (nSPS) is 15.7. The molecule has 0 spiro atoms. The highest BCUT2D eigenvalue weighted by Gasteiger charge is 2.37. The second kappa shape index (κ2) is 9.87. The van der Waals surface area contributed by atoms with E-state index in [1.807, 2.05) is 67.8 Å². The lowest BCUT2D eigenvalue weighted by Gasteiger charge is -2.30. The van der Waals surface area contributed by atoms with E-state index in [0.29, 0.717) is 16.8 Å². The van der Waals surface area contributed by atoms with Crippen LogP contribution in [0, 0.1) is 0 Å². The van der Waals surface area contributed by atoms with Crippen LogP contribution in [0.2, 0.25) is 0 Å². The summed E-state index contributed by atoms with van der Waals surface area (Å²) in [6.07, 6.45) is 5.24. The third-order valence-corrected chi connectivity index (χ3v) is 7.28. The van der Waals surface area contributed by atoms with Crippen LogP contribution in [0.3, 0.4) is 0 Å². The van der Waals surface area contributed by atoms with Crippen LogP contribution in [0.4, 0.5) is 0 Å². The van der Waals surface area contributed by atoms with Crippen molar-refractivity contribution >= 4 is 33.3 Å². The lowest BCUT2D eigenvalue weighted by Crippen LogP contribution is -2.31. The van der Waals surface area contributed by atoms with Crippen LogP contribution in [0.5, 0.6) is 0 Å². The van der Waals surface area contributed by atoms with Crippen LogP contribution < -0.4 is 5.32 Å². The molecule has 4 aromatic rings. The summed E-state index contributed by atoms with van der Waals surface area (Å²) in [6, 6.07) is 15.6. The van der Waals surface area contributed by atoms with E-state index >= 15 is 0 Å². The van der Waals surface area contributed by atoms with Crippen molar-refractivity contribution < 1.29 is 14.3 Å². The summed E-state index contributed by atoms with van der Waals surface area (Å²) in [5.74, 6) is -1.07. The number of ether oxygens (including phenoxy) is 1. The van der Waals surface area contributed by atoms with Gasteiger partial charge in [-0.2, -0.15) is 0 Å². The molecule has 0 saturated carbocycles. The van der Waals surface area contributed by atoms with Crippen molar-refractivity contribution in [3.8, 4) is 11.1 Å². The van der Waals surface area contributed by atoms with Gasteiger partial charge in [-0.1, -0.05) is 24.3 Å². The first-order chi connectivity index (χ1) is 17.4. The van der Waals surface area contributed by atoms with Gasteiger partial charge < -0.3 is 10.1 Å². The van der Waals surface area contributed by atoms with Crippen LogP contribution in [0.15, 0.2) is 95.0 Å². The molecule has 1 atom stereocenters. The molecule has 3 aromatic heterocycles. The maximum atomic E-state index is 13.6. The van der Waals surface area contributed by atoms with Crippen molar-refractivity contribution in [2.75, 3.05) is 0 Å². The molecule has 0 saturated heterocycles. The summed E-state index contributed by atoms with van der Waals surface area (Å²) >= 11 is 1.50. The zero-order valence-corrected chi connectivity index (χ0v) is 21.1. The van der Waals surface area contributed by atoms with Gasteiger partial charge in [0.2, 0.25) is 0 Å². The summed E-state index contributed by atoms with van der Waals surface area (Å²) in [4.78, 5) is 35.8. The Bertz CT molecular complexity index is 1540. The Morgan fingerprint density at radius 3 is 2.53 bits per heavy atom. The largest absolute Gasteiger partial charge is 0.457 e. The number of carbonyl (C=O) groups excluding carboxylic acids is 2. The van der Waals surface area contributed by atoms with Crippen LogP contribution in [-0.2, 0) is 20.9 Å².